The zero-order valence-electron chi connectivity index (χ0n) is 21.4. The molecule has 0 spiro atoms. The highest BCUT2D eigenvalue weighted by molar-refractivity contribution is 6.34. The average molecular weight is 532 g/mol. The Kier molecular flexibility index (Phi) is 7.72. The number of piperidine rings is 1. The van der Waals surface area contributed by atoms with E-state index in [-0.39, 0.29) is 16.3 Å². The number of carbonyl (C=O) groups excluding carboxylic acids is 1. The number of aromatic amines is 1. The lowest BCUT2D eigenvalue weighted by molar-refractivity contribution is 0.102. The van der Waals surface area contributed by atoms with Crippen molar-refractivity contribution in [1.82, 2.24) is 20.3 Å². The molecule has 196 valence electrons. The minimum absolute atomic E-state index is 0.164. The van der Waals surface area contributed by atoms with Gasteiger partial charge in [0.05, 0.1) is 34.6 Å². The first-order valence-corrected chi connectivity index (χ1v) is 13.2. The lowest BCUT2D eigenvalue weighted by Gasteiger charge is -2.24. The van der Waals surface area contributed by atoms with Crippen LogP contribution in [0.3, 0.4) is 0 Å². The molecule has 38 heavy (non-hydrogen) atoms. The fourth-order valence-electron chi connectivity index (χ4n) is 4.99. The van der Waals surface area contributed by atoms with Crippen LogP contribution in [0.2, 0.25) is 5.02 Å². The summed E-state index contributed by atoms with van der Waals surface area (Å²) in [6.45, 7) is 5.46. The van der Waals surface area contributed by atoms with E-state index in [1.54, 1.807) is 12.1 Å². The number of nitrogens with zero attached hydrogens (tertiary/aromatic N) is 2. The van der Waals surface area contributed by atoms with Gasteiger partial charge in [-0.3, -0.25) is 14.6 Å². The second-order valence-corrected chi connectivity index (χ2v) is 10.1. The summed E-state index contributed by atoms with van der Waals surface area (Å²) in [7, 11) is 0. The van der Waals surface area contributed by atoms with Gasteiger partial charge < -0.3 is 20.4 Å². The third kappa shape index (κ3) is 5.71. The number of aromatic nitrogens is 3. The van der Waals surface area contributed by atoms with Gasteiger partial charge in [-0.05, 0) is 57.4 Å². The molecule has 0 unspecified atom stereocenters. The Morgan fingerprint density at radius 3 is 2.66 bits per heavy atom. The second-order valence-electron chi connectivity index (χ2n) is 9.74. The predicted molar refractivity (Wildman–Crippen MR) is 150 cm³/mol. The van der Waals surface area contributed by atoms with E-state index in [0.717, 1.165) is 36.1 Å². The van der Waals surface area contributed by atoms with Crippen LogP contribution in [0.1, 0.15) is 47.3 Å². The number of hydrogen-bond acceptors (Lipinski definition) is 6. The van der Waals surface area contributed by atoms with Gasteiger partial charge in [0, 0.05) is 23.8 Å². The van der Waals surface area contributed by atoms with Crippen LogP contribution >= 0.6 is 11.6 Å². The van der Waals surface area contributed by atoms with Crippen LogP contribution in [0, 0.1) is 13.8 Å². The molecule has 1 atom stereocenters. The molecular formula is C29H30ClN5O3. The molecule has 9 heteroatoms. The number of fused-ring (bicyclic) bond motifs is 1. The molecule has 1 saturated heterocycles. The van der Waals surface area contributed by atoms with Crippen molar-refractivity contribution in [2.75, 3.05) is 18.5 Å². The van der Waals surface area contributed by atoms with Crippen molar-refractivity contribution >= 4 is 34.1 Å². The lowest BCUT2D eigenvalue weighted by atomic mass is 9.99. The molecule has 4 aromatic rings. The van der Waals surface area contributed by atoms with Crippen molar-refractivity contribution in [2.24, 2.45) is 0 Å². The Labute approximate surface area is 225 Å². The Bertz CT molecular complexity index is 1510. The summed E-state index contributed by atoms with van der Waals surface area (Å²) in [4.78, 5) is 37.2. The number of H-pyrrole nitrogens is 1. The summed E-state index contributed by atoms with van der Waals surface area (Å²) >= 11 is 6.52. The number of pyridine rings is 1. The van der Waals surface area contributed by atoms with E-state index in [2.05, 4.69) is 31.7 Å². The number of anilines is 1. The van der Waals surface area contributed by atoms with Crippen molar-refractivity contribution in [2.45, 2.75) is 45.6 Å². The smallest absolute Gasteiger partial charge is 0.275 e. The largest absolute Gasteiger partial charge is 0.492 e. The third-order valence-corrected chi connectivity index (χ3v) is 7.05. The van der Waals surface area contributed by atoms with Crippen LogP contribution in [0.5, 0.6) is 5.75 Å². The zero-order valence-corrected chi connectivity index (χ0v) is 22.2. The van der Waals surface area contributed by atoms with Crippen molar-refractivity contribution in [3.8, 4) is 16.9 Å². The maximum Gasteiger partial charge on any atom is 0.275 e. The van der Waals surface area contributed by atoms with E-state index >= 15 is 0 Å². The van der Waals surface area contributed by atoms with Crippen LogP contribution in [0.15, 0.2) is 53.7 Å². The Balaban J connectivity index is 1.59. The minimum Gasteiger partial charge on any atom is -0.492 e. The Hall–Kier alpha value is -3.75. The van der Waals surface area contributed by atoms with E-state index < -0.39 is 5.91 Å². The monoisotopic (exact) mass is 531 g/mol. The van der Waals surface area contributed by atoms with E-state index in [1.807, 2.05) is 26.0 Å². The first-order chi connectivity index (χ1) is 18.4. The van der Waals surface area contributed by atoms with Gasteiger partial charge in [-0.2, -0.15) is 0 Å². The summed E-state index contributed by atoms with van der Waals surface area (Å²) in [5.41, 5.74) is 4.13. The third-order valence-electron chi connectivity index (χ3n) is 6.73. The van der Waals surface area contributed by atoms with Gasteiger partial charge in [0.25, 0.3) is 11.5 Å². The minimum atomic E-state index is -0.441. The molecule has 1 aliphatic heterocycles. The van der Waals surface area contributed by atoms with Crippen molar-refractivity contribution < 1.29 is 9.53 Å². The molecule has 1 aliphatic rings. The van der Waals surface area contributed by atoms with Gasteiger partial charge >= 0.3 is 0 Å². The molecule has 0 radical (unpaired) electrons. The van der Waals surface area contributed by atoms with Gasteiger partial charge in [-0.25, -0.2) is 4.98 Å². The highest BCUT2D eigenvalue weighted by Gasteiger charge is 2.21. The van der Waals surface area contributed by atoms with Gasteiger partial charge in [0.15, 0.2) is 0 Å². The summed E-state index contributed by atoms with van der Waals surface area (Å²) in [6, 6.07) is 9.77. The number of aryl methyl sites for hydroxylation is 2. The number of halogens is 1. The van der Waals surface area contributed by atoms with E-state index in [4.69, 9.17) is 16.3 Å². The SMILES string of the molecule is Cc1cc(C)cc(-c2c(OCC[C@@H]3CCCCN3)c3cc(NC(=O)c4cnccn4)c(Cl)cc3[nH]c2=O)c1. The van der Waals surface area contributed by atoms with Crippen LogP contribution in [-0.4, -0.2) is 40.1 Å². The molecule has 1 fully saturated rings. The number of hydrogen-bond donors (Lipinski definition) is 3. The Morgan fingerprint density at radius 1 is 1.13 bits per heavy atom. The van der Waals surface area contributed by atoms with E-state index in [0.29, 0.717) is 40.6 Å². The number of amides is 1. The predicted octanol–water partition coefficient (Wildman–Crippen LogP) is 5.42. The topological polar surface area (TPSA) is 109 Å². The molecular weight excluding hydrogens is 502 g/mol. The molecule has 8 nitrogen and oxygen atoms in total. The number of rotatable bonds is 7. The summed E-state index contributed by atoms with van der Waals surface area (Å²) in [6.07, 6.45) is 8.65. The number of nitrogens with one attached hydrogen (secondary N) is 3. The Morgan fingerprint density at radius 2 is 1.95 bits per heavy atom. The van der Waals surface area contributed by atoms with Gasteiger partial charge in [0.1, 0.15) is 11.4 Å². The first-order valence-electron chi connectivity index (χ1n) is 12.8. The first kappa shape index (κ1) is 25.9. The fourth-order valence-corrected chi connectivity index (χ4v) is 5.20. The summed E-state index contributed by atoms with van der Waals surface area (Å²) < 4.78 is 6.41. The molecule has 3 N–H and O–H groups in total. The standard InChI is InChI=1S/C29H30ClN5O3/c1-17-11-18(2)13-19(12-17)26-27(38-10-6-20-5-3-4-7-32-20)21-14-24(22(30)15-23(21)34-29(26)37)35-28(36)25-16-31-8-9-33-25/h8-9,11-16,20,32H,3-7,10H2,1-2H3,(H,34,37)(H,35,36)/t20-/m0/s1. The maximum absolute atomic E-state index is 13.4. The molecule has 0 bridgehead atoms. The molecule has 0 aliphatic carbocycles. The van der Waals surface area contributed by atoms with Gasteiger partial charge in [-0.1, -0.05) is 47.3 Å². The van der Waals surface area contributed by atoms with Gasteiger partial charge in [-0.15, -0.1) is 0 Å². The molecule has 2 aromatic heterocycles. The molecule has 0 saturated carbocycles. The zero-order chi connectivity index (χ0) is 26.6. The summed E-state index contributed by atoms with van der Waals surface area (Å²) in [5, 5.41) is 7.29. The number of benzene rings is 2. The lowest BCUT2D eigenvalue weighted by Crippen LogP contribution is -2.35. The summed E-state index contributed by atoms with van der Waals surface area (Å²) in [5.74, 6) is 0.0281. The highest BCUT2D eigenvalue weighted by Crippen LogP contribution is 2.38. The molecule has 3 heterocycles. The maximum atomic E-state index is 13.4. The van der Waals surface area contributed by atoms with Crippen molar-refractivity contribution in [1.29, 1.82) is 0 Å². The van der Waals surface area contributed by atoms with Crippen LogP contribution in [0.25, 0.3) is 22.0 Å². The van der Waals surface area contributed by atoms with Crippen molar-refractivity contribution in [3.63, 3.8) is 0 Å². The average Bonchev–Trinajstić information content (AvgIpc) is 2.90. The number of ether oxygens (including phenoxy) is 1. The quantitative estimate of drug-likeness (QED) is 0.294. The number of carbonyl (C=O) groups is 1. The van der Waals surface area contributed by atoms with Gasteiger partial charge in [0.2, 0.25) is 0 Å². The second kappa shape index (κ2) is 11.3. The highest BCUT2D eigenvalue weighted by atomic mass is 35.5. The van der Waals surface area contributed by atoms with Crippen molar-refractivity contribution in [3.05, 3.63) is 81.1 Å². The van der Waals surface area contributed by atoms with Crippen LogP contribution in [0.4, 0.5) is 5.69 Å². The van der Waals surface area contributed by atoms with Crippen LogP contribution in [-0.2, 0) is 0 Å². The molecule has 2 aromatic carbocycles. The van der Waals surface area contributed by atoms with E-state index in [1.165, 1.54) is 31.4 Å². The normalized spacial score (nSPS) is 15.4. The molecule has 1 amide bonds. The van der Waals surface area contributed by atoms with Crippen LogP contribution < -0.4 is 20.9 Å². The molecule has 5 rings (SSSR count). The fraction of sp³-hybridized carbons (Fsp3) is 0.310. The van der Waals surface area contributed by atoms with E-state index in [9.17, 15) is 9.59 Å².